The van der Waals surface area contributed by atoms with Crippen LogP contribution in [-0.2, 0) is 30.5 Å². The van der Waals surface area contributed by atoms with Crippen molar-refractivity contribution >= 4 is 52.8 Å². The number of carbonyl (C=O) groups is 4. The molecule has 67 heavy (non-hydrogen) atoms. The van der Waals surface area contributed by atoms with Crippen molar-refractivity contribution < 1.29 is 33.8 Å². The highest BCUT2D eigenvalue weighted by molar-refractivity contribution is 7.13. The molecule has 0 spiro atoms. The first kappa shape index (κ1) is 50.4. The van der Waals surface area contributed by atoms with Crippen LogP contribution in [0.25, 0.3) is 10.4 Å². The van der Waals surface area contributed by atoms with Crippen molar-refractivity contribution in [3.63, 3.8) is 0 Å². The Morgan fingerprint density at radius 2 is 1.69 bits per heavy atom. The van der Waals surface area contributed by atoms with Gasteiger partial charge in [-0.15, -0.1) is 11.3 Å². The maximum atomic E-state index is 14.0. The number of aliphatic hydroxyl groups excluding tert-OH is 1. The van der Waals surface area contributed by atoms with Crippen LogP contribution in [0.5, 0.6) is 6.01 Å². The van der Waals surface area contributed by atoms with Gasteiger partial charge in [0.2, 0.25) is 23.6 Å². The lowest BCUT2D eigenvalue weighted by Crippen LogP contribution is -2.57. The topological polar surface area (TPSA) is 213 Å². The number of carbonyl (C=O) groups excluding carboxylic acids is 4. The van der Waals surface area contributed by atoms with Crippen molar-refractivity contribution in [3.8, 4) is 16.5 Å². The van der Waals surface area contributed by atoms with Crippen LogP contribution < -0.4 is 31.0 Å². The average Bonchev–Trinajstić information content (AvgIpc) is 3.93. The van der Waals surface area contributed by atoms with Gasteiger partial charge in [-0.05, 0) is 48.8 Å². The number of nitrogens with zero attached hydrogens (tertiary/aromatic N) is 6. The summed E-state index contributed by atoms with van der Waals surface area (Å²) in [7, 11) is 0. The number of ether oxygens (including phenoxy) is 2. The number of unbranched alkanes of at least 4 members (excludes halogenated alkanes) is 4. The van der Waals surface area contributed by atoms with E-state index in [2.05, 4.69) is 46.3 Å². The molecule has 2 aromatic heterocycles. The molecule has 2 aliphatic rings. The lowest BCUT2D eigenvalue weighted by molar-refractivity contribution is -0.144. The third-order valence-electron chi connectivity index (χ3n) is 11.6. The minimum absolute atomic E-state index is 0.0121. The van der Waals surface area contributed by atoms with Crippen LogP contribution in [0, 0.1) is 19.3 Å². The Morgan fingerprint density at radius 3 is 2.39 bits per heavy atom. The number of hydrazone groups is 1. The zero-order chi connectivity index (χ0) is 47.8. The molecule has 5 N–H and O–H groups in total. The molecule has 0 radical (unpaired) electrons. The second kappa shape index (κ2) is 24.7. The Labute approximate surface area is 397 Å². The van der Waals surface area contributed by atoms with Crippen molar-refractivity contribution in [2.75, 3.05) is 56.3 Å². The molecule has 2 aromatic carbocycles. The Balaban J connectivity index is 0.869. The van der Waals surface area contributed by atoms with Gasteiger partial charge in [0.25, 0.3) is 0 Å². The molecular weight excluding hydrogens is 873 g/mol. The number of nitrogens with one attached hydrogen (secondary N) is 4. The summed E-state index contributed by atoms with van der Waals surface area (Å²) < 4.78 is 11.4. The van der Waals surface area contributed by atoms with Crippen LogP contribution >= 0.6 is 11.3 Å². The number of morpholine rings is 1. The molecule has 0 saturated carbocycles. The van der Waals surface area contributed by atoms with Gasteiger partial charge in [-0.3, -0.25) is 24.6 Å². The predicted molar refractivity (Wildman–Crippen MR) is 260 cm³/mol. The molecule has 2 saturated heterocycles. The molecule has 4 amide bonds. The number of amides is 4. The second-order valence-electron chi connectivity index (χ2n) is 18.2. The van der Waals surface area contributed by atoms with E-state index >= 15 is 0 Å². The van der Waals surface area contributed by atoms with Gasteiger partial charge in [0.15, 0.2) is 5.82 Å². The van der Waals surface area contributed by atoms with Gasteiger partial charge in [-0.1, -0.05) is 94.1 Å². The first-order valence-electron chi connectivity index (χ1n) is 23.3. The molecule has 2 fully saturated rings. The average molecular weight is 939 g/mol. The number of rotatable bonds is 22. The quantitative estimate of drug-likeness (QED) is 0.0374. The van der Waals surface area contributed by atoms with Gasteiger partial charge < -0.3 is 40.3 Å². The normalized spacial score (nSPS) is 16.7. The van der Waals surface area contributed by atoms with Crippen molar-refractivity contribution in [3.05, 3.63) is 82.5 Å². The van der Waals surface area contributed by atoms with Crippen molar-refractivity contribution in [1.82, 2.24) is 35.8 Å². The van der Waals surface area contributed by atoms with Gasteiger partial charge in [-0.25, -0.2) is 4.98 Å². The van der Waals surface area contributed by atoms with E-state index in [0.717, 1.165) is 52.1 Å². The summed E-state index contributed by atoms with van der Waals surface area (Å²) in [5, 5.41) is 23.7. The summed E-state index contributed by atoms with van der Waals surface area (Å²) in [5.41, 5.74) is 9.19. The number of β-amino-alcohol motifs (C(OH)–C–C–N with tert-alkyl or cyclic N) is 1. The molecule has 0 aliphatic carbocycles. The van der Waals surface area contributed by atoms with E-state index in [-0.39, 0.29) is 62.2 Å². The van der Waals surface area contributed by atoms with Crippen LogP contribution in [-0.4, -0.2) is 119 Å². The van der Waals surface area contributed by atoms with E-state index in [1.807, 2.05) is 94.7 Å². The van der Waals surface area contributed by atoms with E-state index in [1.54, 1.807) is 17.6 Å². The maximum Gasteiger partial charge on any atom is 0.320 e. The molecular formula is C49H66N10O7S. The Morgan fingerprint density at radius 1 is 0.955 bits per heavy atom. The fourth-order valence-electron chi connectivity index (χ4n) is 7.95. The molecule has 6 rings (SSSR count). The van der Waals surface area contributed by atoms with Crippen LogP contribution in [0.4, 0.5) is 11.6 Å². The molecule has 2 aliphatic heterocycles. The Kier molecular flexibility index (Phi) is 18.6. The van der Waals surface area contributed by atoms with E-state index < -0.39 is 23.6 Å². The van der Waals surface area contributed by atoms with Crippen molar-refractivity contribution in [2.45, 2.75) is 111 Å². The predicted octanol–water partition coefficient (Wildman–Crippen LogP) is 5.53. The minimum Gasteiger partial charge on any atom is -0.461 e. The Hall–Kier alpha value is -5.98. The number of aryl methyl sites for hydroxylation is 2. The number of hydrogen-bond acceptors (Lipinski definition) is 14. The van der Waals surface area contributed by atoms with E-state index in [1.165, 1.54) is 4.90 Å². The number of benzene rings is 2. The van der Waals surface area contributed by atoms with Crippen molar-refractivity contribution in [1.29, 1.82) is 0 Å². The lowest BCUT2D eigenvalue weighted by atomic mass is 9.85. The first-order valence-corrected chi connectivity index (χ1v) is 24.1. The molecule has 4 aromatic rings. The standard InChI is InChI=1S/C49H66N10O7S/c1-33-12-11-13-36(26-33)30-53-57-40-28-41(58-21-24-65-25-22-58)55-48(54-40)66-23-20-50-42(61)14-9-7-6-8-10-15-43(62)56-45(49(3,4)5)47(64)59-31-38(60)27-39(59)46(63)51-29-35-16-18-37(19-17-35)44-34(2)52-32-67-44/h11-13,16-19,26,28,30,32,38-39,45,60H,6-10,14-15,20-25,27,29,31H2,1-5H3,(H,50,61)(H,51,63)(H,56,62)(H,54,55,57)/b53-30+/t38-,39+,45-/m1/s1. The summed E-state index contributed by atoms with van der Waals surface area (Å²) in [4.78, 5) is 71.2. The minimum atomic E-state index is -0.885. The van der Waals surface area contributed by atoms with Gasteiger partial charge in [0.05, 0.1) is 48.2 Å². The fourth-order valence-corrected chi connectivity index (χ4v) is 8.76. The zero-order valence-electron chi connectivity index (χ0n) is 39.4. The van der Waals surface area contributed by atoms with E-state index in [9.17, 15) is 24.3 Å². The number of aliphatic hydroxyl groups is 1. The van der Waals surface area contributed by atoms with Gasteiger partial charge in [0.1, 0.15) is 24.5 Å². The highest BCUT2D eigenvalue weighted by Crippen LogP contribution is 2.29. The number of thiazole rings is 1. The Bertz CT molecular complexity index is 2290. The molecule has 3 atom stereocenters. The first-order chi connectivity index (χ1) is 32.2. The zero-order valence-corrected chi connectivity index (χ0v) is 40.2. The summed E-state index contributed by atoms with van der Waals surface area (Å²) in [5.74, 6) is 0.123. The highest BCUT2D eigenvalue weighted by Gasteiger charge is 2.44. The molecule has 4 heterocycles. The number of aromatic nitrogens is 3. The summed E-state index contributed by atoms with van der Waals surface area (Å²) in [6.45, 7) is 13.0. The molecule has 360 valence electrons. The third kappa shape index (κ3) is 15.5. The van der Waals surface area contributed by atoms with E-state index in [4.69, 9.17) is 9.47 Å². The fraction of sp³-hybridized carbons (Fsp3) is 0.510. The number of hydrogen-bond donors (Lipinski definition) is 5. The van der Waals surface area contributed by atoms with E-state index in [0.29, 0.717) is 63.7 Å². The van der Waals surface area contributed by atoms with Gasteiger partial charge in [-0.2, -0.15) is 15.1 Å². The number of anilines is 2. The van der Waals surface area contributed by atoms with Crippen LogP contribution in [0.15, 0.2) is 65.2 Å². The summed E-state index contributed by atoms with van der Waals surface area (Å²) in [6.07, 6.45) is 5.42. The highest BCUT2D eigenvalue weighted by atomic mass is 32.1. The smallest absolute Gasteiger partial charge is 0.320 e. The van der Waals surface area contributed by atoms with Gasteiger partial charge >= 0.3 is 6.01 Å². The number of likely N-dealkylation sites (tertiary alicyclic amines) is 1. The second-order valence-corrected chi connectivity index (χ2v) is 19.0. The maximum absolute atomic E-state index is 14.0. The summed E-state index contributed by atoms with van der Waals surface area (Å²) >= 11 is 1.58. The lowest BCUT2D eigenvalue weighted by Gasteiger charge is -2.35. The molecule has 0 bridgehead atoms. The van der Waals surface area contributed by atoms with Crippen LogP contribution in [0.2, 0.25) is 0 Å². The summed E-state index contributed by atoms with van der Waals surface area (Å²) in [6, 6.07) is 16.2. The van der Waals surface area contributed by atoms with Gasteiger partial charge in [0, 0.05) is 51.5 Å². The van der Waals surface area contributed by atoms with Crippen LogP contribution in [0.1, 0.15) is 94.5 Å². The van der Waals surface area contributed by atoms with Crippen molar-refractivity contribution in [2.24, 2.45) is 10.5 Å². The monoisotopic (exact) mass is 938 g/mol. The molecule has 18 heteroatoms. The van der Waals surface area contributed by atoms with Crippen LogP contribution in [0.3, 0.4) is 0 Å². The molecule has 0 unspecified atom stereocenters. The largest absolute Gasteiger partial charge is 0.461 e. The SMILES string of the molecule is Cc1cccc(/C=N/Nc2cc(N3CCOCC3)nc(OCCNC(=O)CCCCCCCC(=O)N[C@H](C(=O)N3C[C@H](O)C[C@H]3C(=O)NCc3ccc(-c4scnc4C)cc3)C(C)(C)C)n2)c1. The third-order valence-corrected chi connectivity index (χ3v) is 12.6. The molecule has 17 nitrogen and oxygen atoms in total.